The molecule has 0 amide bonds. The van der Waals surface area contributed by atoms with Crippen molar-refractivity contribution in [1.82, 2.24) is 0 Å². The second kappa shape index (κ2) is 7.98. The minimum Gasteiger partial charge on any atom is -0.310 e. The van der Waals surface area contributed by atoms with Crippen LogP contribution in [0.2, 0.25) is 0 Å². The monoisotopic (exact) mass is 323 g/mol. The Morgan fingerprint density at radius 1 is 0.958 bits per heavy atom. The molecule has 0 bridgehead atoms. The summed E-state index contributed by atoms with van der Waals surface area (Å²) in [6.45, 7) is 15.9. The van der Waals surface area contributed by atoms with Crippen molar-refractivity contribution in [2.75, 3.05) is 6.54 Å². The molecule has 2 atom stereocenters. The molecule has 2 aromatic carbocycles. The molecule has 0 aliphatic carbocycles. The first-order valence-electron chi connectivity index (χ1n) is 9.23. The van der Waals surface area contributed by atoms with Crippen LogP contribution in [0.4, 0.5) is 0 Å². The lowest BCUT2D eigenvalue weighted by molar-refractivity contribution is -1.01. The molecule has 1 radical (unpaired) electrons. The molecule has 2 unspecified atom stereocenters. The van der Waals surface area contributed by atoms with Gasteiger partial charge in [-0.2, -0.15) is 0 Å². The van der Waals surface area contributed by atoms with Crippen molar-refractivity contribution >= 4 is 0 Å². The smallest absolute Gasteiger partial charge is 0.120 e. The van der Waals surface area contributed by atoms with Gasteiger partial charge in [-0.1, -0.05) is 67.6 Å². The first kappa shape index (κ1) is 18.7. The molecule has 0 aliphatic rings. The van der Waals surface area contributed by atoms with E-state index in [4.69, 9.17) is 0 Å². The Bertz CT molecular complexity index is 602. The summed E-state index contributed by atoms with van der Waals surface area (Å²) in [5, 5.41) is 0. The van der Waals surface area contributed by atoms with Crippen molar-refractivity contribution in [2.24, 2.45) is 0 Å². The highest BCUT2D eigenvalue weighted by atomic mass is 15.4. The van der Waals surface area contributed by atoms with E-state index in [2.05, 4.69) is 95.3 Å². The Morgan fingerprint density at radius 2 is 1.50 bits per heavy atom. The summed E-state index contributed by atoms with van der Waals surface area (Å²) < 4.78 is 1.04. The van der Waals surface area contributed by atoms with Crippen molar-refractivity contribution in [3.05, 3.63) is 78.7 Å². The highest BCUT2D eigenvalue weighted by Gasteiger charge is 2.47. The fourth-order valence-electron chi connectivity index (χ4n) is 4.13. The van der Waals surface area contributed by atoms with Crippen LogP contribution in [0.25, 0.3) is 0 Å². The van der Waals surface area contributed by atoms with E-state index in [1.54, 1.807) is 0 Å². The van der Waals surface area contributed by atoms with E-state index in [-0.39, 0.29) is 5.54 Å². The van der Waals surface area contributed by atoms with Gasteiger partial charge in [0.2, 0.25) is 0 Å². The summed E-state index contributed by atoms with van der Waals surface area (Å²) in [5.41, 5.74) is 2.86. The lowest BCUT2D eigenvalue weighted by Gasteiger charge is -2.54. The van der Waals surface area contributed by atoms with Crippen LogP contribution >= 0.6 is 0 Å². The fourth-order valence-corrected chi connectivity index (χ4v) is 4.13. The zero-order chi connectivity index (χ0) is 17.6. The van der Waals surface area contributed by atoms with Gasteiger partial charge in [-0.25, -0.2) is 0 Å². The molecule has 0 aliphatic heterocycles. The molecular weight excluding hydrogens is 290 g/mol. The molecule has 2 rings (SSSR count). The number of hydrogen-bond donors (Lipinski definition) is 0. The van der Waals surface area contributed by atoms with E-state index in [1.165, 1.54) is 17.5 Å². The number of quaternary nitrogens is 1. The van der Waals surface area contributed by atoms with Crippen molar-refractivity contribution in [2.45, 2.75) is 58.7 Å². The lowest BCUT2D eigenvalue weighted by atomic mass is 9.85. The van der Waals surface area contributed by atoms with Gasteiger partial charge in [0, 0.05) is 11.1 Å². The van der Waals surface area contributed by atoms with Crippen LogP contribution in [0.5, 0.6) is 0 Å². The molecular formula is C23H33N+. The second-order valence-electron chi connectivity index (χ2n) is 7.44. The SMILES string of the molecule is [CH2]CC[N+](Cc1ccccc1)(C(C)CC)C(C)(C)c1ccccc1. The predicted octanol–water partition coefficient (Wildman–Crippen LogP) is 5.96. The molecule has 1 heteroatoms. The maximum Gasteiger partial charge on any atom is 0.120 e. The Labute approximate surface area is 148 Å². The van der Waals surface area contributed by atoms with Gasteiger partial charge in [-0.3, -0.25) is 0 Å². The summed E-state index contributed by atoms with van der Waals surface area (Å²) in [5.74, 6) is 0. The molecule has 1 nitrogen and oxygen atoms in total. The largest absolute Gasteiger partial charge is 0.310 e. The van der Waals surface area contributed by atoms with Gasteiger partial charge >= 0.3 is 0 Å². The van der Waals surface area contributed by atoms with Crippen molar-refractivity contribution in [3.63, 3.8) is 0 Å². The van der Waals surface area contributed by atoms with Crippen molar-refractivity contribution < 1.29 is 4.48 Å². The minimum absolute atomic E-state index is 0.0320. The van der Waals surface area contributed by atoms with E-state index in [0.29, 0.717) is 6.04 Å². The average molecular weight is 324 g/mol. The van der Waals surface area contributed by atoms with Gasteiger partial charge in [-0.05, 0) is 40.5 Å². The summed E-state index contributed by atoms with van der Waals surface area (Å²) >= 11 is 0. The molecule has 24 heavy (non-hydrogen) atoms. The van der Waals surface area contributed by atoms with Gasteiger partial charge in [0.1, 0.15) is 12.1 Å². The van der Waals surface area contributed by atoms with E-state index in [9.17, 15) is 0 Å². The van der Waals surface area contributed by atoms with Crippen LogP contribution in [-0.2, 0) is 12.1 Å². The average Bonchev–Trinajstić information content (AvgIpc) is 2.62. The minimum atomic E-state index is 0.0320. The lowest BCUT2D eigenvalue weighted by Crippen LogP contribution is -2.63. The zero-order valence-electron chi connectivity index (χ0n) is 15.8. The van der Waals surface area contributed by atoms with E-state index in [0.717, 1.165) is 24.0 Å². The van der Waals surface area contributed by atoms with Crippen molar-refractivity contribution in [1.29, 1.82) is 0 Å². The normalized spacial score (nSPS) is 15.7. The van der Waals surface area contributed by atoms with Crippen LogP contribution in [0, 0.1) is 6.92 Å². The summed E-state index contributed by atoms with van der Waals surface area (Å²) in [7, 11) is 0. The fraction of sp³-hybridized carbons (Fsp3) is 0.435. The highest BCUT2D eigenvalue weighted by Crippen LogP contribution is 2.40. The van der Waals surface area contributed by atoms with E-state index >= 15 is 0 Å². The van der Waals surface area contributed by atoms with Gasteiger partial charge in [0.05, 0.1) is 12.6 Å². The van der Waals surface area contributed by atoms with Crippen LogP contribution in [0.1, 0.15) is 51.7 Å². The number of benzene rings is 2. The van der Waals surface area contributed by atoms with Crippen LogP contribution in [0.3, 0.4) is 0 Å². The molecule has 0 N–H and O–H groups in total. The van der Waals surface area contributed by atoms with Gasteiger partial charge in [0.25, 0.3) is 0 Å². The molecule has 0 fully saturated rings. The van der Waals surface area contributed by atoms with Gasteiger partial charge < -0.3 is 4.48 Å². The van der Waals surface area contributed by atoms with Gasteiger partial charge in [-0.15, -0.1) is 0 Å². The Kier molecular flexibility index (Phi) is 6.23. The zero-order valence-corrected chi connectivity index (χ0v) is 15.8. The molecule has 0 heterocycles. The highest BCUT2D eigenvalue weighted by molar-refractivity contribution is 5.22. The Morgan fingerprint density at radius 3 is 2.00 bits per heavy atom. The Hall–Kier alpha value is -1.60. The second-order valence-corrected chi connectivity index (χ2v) is 7.44. The third-order valence-electron chi connectivity index (χ3n) is 5.89. The molecule has 129 valence electrons. The summed E-state index contributed by atoms with van der Waals surface area (Å²) in [4.78, 5) is 0. The van der Waals surface area contributed by atoms with Gasteiger partial charge in [0.15, 0.2) is 0 Å². The Balaban J connectivity index is 2.55. The maximum absolute atomic E-state index is 4.22. The van der Waals surface area contributed by atoms with Crippen LogP contribution < -0.4 is 0 Å². The number of hydrogen-bond acceptors (Lipinski definition) is 0. The third kappa shape index (κ3) is 3.57. The van der Waals surface area contributed by atoms with E-state index in [1.807, 2.05) is 0 Å². The van der Waals surface area contributed by atoms with E-state index < -0.39 is 0 Å². The first-order chi connectivity index (χ1) is 11.5. The summed E-state index contributed by atoms with van der Waals surface area (Å²) in [6.07, 6.45) is 2.12. The molecule has 0 aromatic heterocycles. The third-order valence-corrected chi connectivity index (χ3v) is 5.89. The molecule has 0 saturated carbocycles. The molecule has 0 spiro atoms. The molecule has 2 aromatic rings. The topological polar surface area (TPSA) is 0 Å². The standard InChI is InChI=1S/C23H33N/c1-6-18-24(20(3)7-2,19-21-14-10-8-11-15-21)23(4,5)22-16-12-9-13-17-22/h8-17,20H,1,6-7,18-19H2,2-5H3/q+1. The quantitative estimate of drug-likeness (QED) is 0.526. The first-order valence-corrected chi connectivity index (χ1v) is 9.23. The maximum atomic E-state index is 4.22. The predicted molar refractivity (Wildman–Crippen MR) is 104 cm³/mol. The summed E-state index contributed by atoms with van der Waals surface area (Å²) in [6, 6.07) is 22.5. The number of nitrogens with zero attached hydrogens (tertiary/aromatic N) is 1. The number of rotatable bonds is 8. The molecule has 0 saturated heterocycles. The van der Waals surface area contributed by atoms with Crippen LogP contribution in [0.15, 0.2) is 60.7 Å². The van der Waals surface area contributed by atoms with Crippen LogP contribution in [-0.4, -0.2) is 17.1 Å². The van der Waals surface area contributed by atoms with Crippen molar-refractivity contribution in [3.8, 4) is 0 Å².